The van der Waals surface area contributed by atoms with Crippen molar-refractivity contribution in [1.29, 1.82) is 0 Å². The lowest BCUT2D eigenvalue weighted by Gasteiger charge is -2.33. The molecule has 28 heavy (non-hydrogen) atoms. The van der Waals surface area contributed by atoms with Crippen LogP contribution in [0.4, 0.5) is 5.82 Å². The van der Waals surface area contributed by atoms with Crippen LogP contribution in [-0.4, -0.2) is 40.0 Å². The maximum Gasteiger partial charge on any atom is 0.252 e. The third-order valence-corrected chi connectivity index (χ3v) is 5.25. The van der Waals surface area contributed by atoms with Crippen molar-refractivity contribution in [3.8, 4) is 0 Å². The highest BCUT2D eigenvalue weighted by Crippen LogP contribution is 2.25. The van der Waals surface area contributed by atoms with Gasteiger partial charge in [-0.05, 0) is 56.9 Å². The largest absolute Gasteiger partial charge is 0.353 e. The molecule has 6 heteroatoms. The molecule has 0 aliphatic carbocycles. The summed E-state index contributed by atoms with van der Waals surface area (Å²) in [6, 6.07) is 6.12. The molecule has 1 aliphatic heterocycles. The van der Waals surface area contributed by atoms with Crippen molar-refractivity contribution in [3.63, 3.8) is 0 Å². The van der Waals surface area contributed by atoms with E-state index in [-0.39, 0.29) is 11.9 Å². The average molecular weight is 375 g/mol. The minimum absolute atomic E-state index is 0.0338. The summed E-state index contributed by atoms with van der Waals surface area (Å²) in [4.78, 5) is 28.5. The Hall–Kier alpha value is -3.02. The summed E-state index contributed by atoms with van der Waals surface area (Å²) >= 11 is 0. The first-order valence-electron chi connectivity index (χ1n) is 9.71. The van der Waals surface area contributed by atoms with Gasteiger partial charge in [0.1, 0.15) is 5.82 Å². The fraction of sp³-hybridized carbons (Fsp3) is 0.364. The number of nitrogens with zero attached hydrogens (tertiary/aromatic N) is 4. The van der Waals surface area contributed by atoms with E-state index in [0.29, 0.717) is 5.56 Å². The zero-order chi connectivity index (χ0) is 19.7. The van der Waals surface area contributed by atoms with Crippen LogP contribution in [-0.2, 0) is 0 Å². The van der Waals surface area contributed by atoms with Crippen LogP contribution < -0.4 is 10.2 Å². The van der Waals surface area contributed by atoms with Gasteiger partial charge in [0.25, 0.3) is 5.91 Å². The molecule has 1 unspecified atom stereocenters. The fourth-order valence-corrected chi connectivity index (χ4v) is 4.09. The van der Waals surface area contributed by atoms with Crippen LogP contribution in [0, 0.1) is 20.8 Å². The van der Waals surface area contributed by atoms with E-state index in [2.05, 4.69) is 38.2 Å². The summed E-state index contributed by atoms with van der Waals surface area (Å²) in [5, 5.41) is 4.18. The summed E-state index contributed by atoms with van der Waals surface area (Å²) < 4.78 is 0. The molecule has 1 amide bonds. The first-order valence-corrected chi connectivity index (χ1v) is 9.71. The Balaban J connectivity index is 1.58. The lowest BCUT2D eigenvalue weighted by molar-refractivity contribution is 0.0934. The first-order chi connectivity index (χ1) is 13.5. The molecule has 1 aromatic carbocycles. The number of carbonyl (C=O) groups excluding carboxylic acids is 1. The van der Waals surface area contributed by atoms with Crippen LogP contribution >= 0.6 is 0 Å². The van der Waals surface area contributed by atoms with Gasteiger partial charge in [-0.3, -0.25) is 14.8 Å². The Kier molecular flexibility index (Phi) is 4.94. The molecule has 0 radical (unpaired) electrons. The van der Waals surface area contributed by atoms with Crippen LogP contribution in [0.2, 0.25) is 0 Å². The van der Waals surface area contributed by atoms with Gasteiger partial charge in [0.15, 0.2) is 0 Å². The molecule has 1 aliphatic rings. The van der Waals surface area contributed by atoms with E-state index in [1.807, 2.05) is 26.0 Å². The third kappa shape index (κ3) is 3.67. The number of hydrogen-bond donors (Lipinski definition) is 1. The molecule has 0 spiro atoms. The Morgan fingerprint density at radius 2 is 2.04 bits per heavy atom. The van der Waals surface area contributed by atoms with Gasteiger partial charge in [0.2, 0.25) is 0 Å². The van der Waals surface area contributed by atoms with Crippen LogP contribution in [0.25, 0.3) is 10.9 Å². The van der Waals surface area contributed by atoms with E-state index >= 15 is 0 Å². The molecule has 0 saturated carbocycles. The van der Waals surface area contributed by atoms with Crippen molar-refractivity contribution >= 4 is 22.6 Å². The topological polar surface area (TPSA) is 71.0 Å². The second kappa shape index (κ2) is 7.54. The number of amides is 1. The molecule has 6 nitrogen and oxygen atoms in total. The molecule has 2 aromatic heterocycles. The van der Waals surface area contributed by atoms with Gasteiger partial charge < -0.3 is 10.2 Å². The highest BCUT2D eigenvalue weighted by Gasteiger charge is 2.24. The standard InChI is InChI=1S/C22H25N5O/c1-14-9-15(2)21-18(11-16(3)25-19(21)10-14)22(28)26-17-5-4-8-27(13-17)20-12-23-6-7-24-20/h6-7,9-12,17H,4-5,8,13H2,1-3H3,(H,26,28). The summed E-state index contributed by atoms with van der Waals surface area (Å²) in [5.74, 6) is 0.825. The number of piperidine rings is 1. The van der Waals surface area contributed by atoms with Crippen molar-refractivity contribution in [1.82, 2.24) is 20.3 Å². The van der Waals surface area contributed by atoms with Gasteiger partial charge in [0, 0.05) is 42.6 Å². The predicted octanol–water partition coefficient (Wildman–Crippen LogP) is 3.35. The van der Waals surface area contributed by atoms with Crippen molar-refractivity contribution in [2.24, 2.45) is 0 Å². The first kappa shape index (κ1) is 18.3. The number of rotatable bonds is 3. The van der Waals surface area contributed by atoms with Crippen LogP contribution in [0.5, 0.6) is 0 Å². The van der Waals surface area contributed by atoms with Gasteiger partial charge in [-0.25, -0.2) is 4.98 Å². The van der Waals surface area contributed by atoms with Crippen LogP contribution in [0.3, 0.4) is 0 Å². The minimum atomic E-state index is -0.0338. The third-order valence-electron chi connectivity index (χ3n) is 5.25. The molecule has 0 bridgehead atoms. The molecule has 1 atom stereocenters. The predicted molar refractivity (Wildman–Crippen MR) is 111 cm³/mol. The van der Waals surface area contributed by atoms with Gasteiger partial charge in [-0.1, -0.05) is 6.07 Å². The lowest BCUT2D eigenvalue weighted by Crippen LogP contribution is -2.48. The molecule has 3 aromatic rings. The molecule has 1 saturated heterocycles. The van der Waals surface area contributed by atoms with Crippen molar-refractivity contribution in [2.45, 2.75) is 39.7 Å². The highest BCUT2D eigenvalue weighted by molar-refractivity contribution is 6.07. The quantitative estimate of drug-likeness (QED) is 0.760. The smallest absolute Gasteiger partial charge is 0.252 e. The zero-order valence-corrected chi connectivity index (χ0v) is 16.6. The van der Waals surface area contributed by atoms with Crippen molar-refractivity contribution < 1.29 is 4.79 Å². The Morgan fingerprint density at radius 1 is 1.18 bits per heavy atom. The van der Waals surface area contributed by atoms with Gasteiger partial charge in [-0.15, -0.1) is 0 Å². The second-order valence-electron chi connectivity index (χ2n) is 7.61. The second-order valence-corrected chi connectivity index (χ2v) is 7.61. The molecule has 1 fully saturated rings. The number of aromatic nitrogens is 3. The maximum absolute atomic E-state index is 13.2. The van der Waals surface area contributed by atoms with Crippen LogP contribution in [0.1, 0.15) is 40.0 Å². The number of hydrogen-bond acceptors (Lipinski definition) is 5. The van der Waals surface area contributed by atoms with E-state index in [4.69, 9.17) is 0 Å². The number of carbonyl (C=O) groups is 1. The number of pyridine rings is 1. The molecule has 3 heterocycles. The molecule has 4 rings (SSSR count). The number of anilines is 1. The SMILES string of the molecule is Cc1cc(C)c2c(C(=O)NC3CCCN(c4cnccn4)C3)cc(C)nc2c1. The number of nitrogens with one attached hydrogen (secondary N) is 1. The van der Waals surface area contributed by atoms with E-state index < -0.39 is 0 Å². The average Bonchev–Trinajstić information content (AvgIpc) is 2.67. The van der Waals surface area contributed by atoms with Crippen LogP contribution in [0.15, 0.2) is 36.8 Å². The van der Waals surface area contributed by atoms with Gasteiger partial charge in [0.05, 0.1) is 17.3 Å². The Morgan fingerprint density at radius 3 is 2.82 bits per heavy atom. The lowest BCUT2D eigenvalue weighted by atomic mass is 9.99. The highest BCUT2D eigenvalue weighted by atomic mass is 16.1. The van der Waals surface area contributed by atoms with E-state index in [1.54, 1.807) is 18.6 Å². The molecular formula is C22H25N5O. The monoisotopic (exact) mass is 375 g/mol. The molecule has 1 N–H and O–H groups in total. The van der Waals surface area contributed by atoms with E-state index in [9.17, 15) is 4.79 Å². The molecule has 144 valence electrons. The van der Waals surface area contributed by atoms with Gasteiger partial charge >= 0.3 is 0 Å². The number of aryl methyl sites for hydroxylation is 3. The molecular weight excluding hydrogens is 350 g/mol. The number of benzene rings is 1. The zero-order valence-electron chi connectivity index (χ0n) is 16.6. The Bertz CT molecular complexity index is 1010. The maximum atomic E-state index is 13.2. The summed E-state index contributed by atoms with van der Waals surface area (Å²) in [5.41, 5.74) is 4.68. The Labute approximate surface area is 165 Å². The van der Waals surface area contributed by atoms with E-state index in [1.165, 1.54) is 0 Å². The van der Waals surface area contributed by atoms with Gasteiger partial charge in [-0.2, -0.15) is 0 Å². The van der Waals surface area contributed by atoms with E-state index in [0.717, 1.165) is 59.5 Å². The minimum Gasteiger partial charge on any atom is -0.353 e. The van der Waals surface area contributed by atoms with Crippen molar-refractivity contribution in [3.05, 3.63) is 59.2 Å². The summed E-state index contributed by atoms with van der Waals surface area (Å²) in [6.07, 6.45) is 7.12. The summed E-state index contributed by atoms with van der Waals surface area (Å²) in [7, 11) is 0. The van der Waals surface area contributed by atoms with Crippen molar-refractivity contribution in [2.75, 3.05) is 18.0 Å². The summed E-state index contributed by atoms with van der Waals surface area (Å²) in [6.45, 7) is 7.70. The normalized spacial score (nSPS) is 17.0. The number of fused-ring (bicyclic) bond motifs is 1. The fourth-order valence-electron chi connectivity index (χ4n) is 4.09.